The molecular formula is C39H49FN14O5. The second kappa shape index (κ2) is 17.0. The van der Waals surface area contributed by atoms with Gasteiger partial charge in [-0.05, 0) is 61.9 Å². The molecule has 3 unspecified atom stereocenters. The summed E-state index contributed by atoms with van der Waals surface area (Å²) in [5.41, 5.74) is 7.46. The number of benzene rings is 1. The first-order valence-corrected chi connectivity index (χ1v) is 20.2. The molecule has 0 bridgehead atoms. The first kappa shape index (κ1) is 39.6. The second-order valence-electron chi connectivity index (χ2n) is 15.9. The highest BCUT2D eigenvalue weighted by molar-refractivity contribution is 6.03. The number of urea groups is 1. The number of likely N-dealkylation sites (N-methyl/N-ethyl adjacent to an activating group) is 1. The highest BCUT2D eigenvalue weighted by atomic mass is 19.1. The summed E-state index contributed by atoms with van der Waals surface area (Å²) in [5.74, 6) is -1.72. The van der Waals surface area contributed by atoms with E-state index in [1.54, 1.807) is 36.3 Å². The molecule has 5 saturated heterocycles. The maximum absolute atomic E-state index is 15.7. The average molecular weight is 813 g/mol. The van der Waals surface area contributed by atoms with Crippen molar-refractivity contribution in [3.8, 4) is 0 Å². The third-order valence-electron chi connectivity index (χ3n) is 11.9. The fourth-order valence-electron chi connectivity index (χ4n) is 8.60. The van der Waals surface area contributed by atoms with Crippen molar-refractivity contribution in [3.05, 3.63) is 53.7 Å². The lowest BCUT2D eigenvalue weighted by atomic mass is 10.0. The standard InChI is InChI=1S/C39H49FN14O5/c1-49-13-18-54(39(49)59)27-3-2-11-53(23-27)38-46-35(33(34(41)56)47-48-38)43-25-4-8-31(28(40)19-25)51-16-14-50(15-17-51)21-24-10-12-52(22-24)26-5-6-29(42-20-26)36(57)44-30-7-9-32(55)45-37(30)58/h4-6,8,19-20,24,27,30H,2-3,7,9-18,21-23H2,1H3,(H2,41,56)(H,44,57)(H,43,46,48)(H,45,55,58). The number of piperidine rings is 2. The van der Waals surface area contributed by atoms with Crippen LogP contribution >= 0.6 is 0 Å². The van der Waals surface area contributed by atoms with E-state index < -0.39 is 29.6 Å². The first-order valence-electron chi connectivity index (χ1n) is 20.2. The van der Waals surface area contributed by atoms with Gasteiger partial charge in [-0.2, -0.15) is 4.98 Å². The number of nitrogens with zero attached hydrogens (tertiary/aromatic N) is 10. The normalized spacial score (nSPS) is 22.8. The molecule has 8 rings (SSSR count). The van der Waals surface area contributed by atoms with Crippen LogP contribution in [0.2, 0.25) is 0 Å². The quantitative estimate of drug-likeness (QED) is 0.197. The summed E-state index contributed by atoms with van der Waals surface area (Å²) in [4.78, 5) is 82.2. The molecular weight excluding hydrogens is 764 g/mol. The van der Waals surface area contributed by atoms with Crippen molar-refractivity contribution in [1.29, 1.82) is 0 Å². The highest BCUT2D eigenvalue weighted by Crippen LogP contribution is 2.29. The van der Waals surface area contributed by atoms with E-state index in [-0.39, 0.29) is 48.0 Å². The van der Waals surface area contributed by atoms with E-state index in [0.29, 0.717) is 62.5 Å². The summed E-state index contributed by atoms with van der Waals surface area (Å²) in [6, 6.07) is 7.60. The van der Waals surface area contributed by atoms with Gasteiger partial charge in [0.25, 0.3) is 11.8 Å². The zero-order valence-electron chi connectivity index (χ0n) is 33.0. The molecule has 0 saturated carbocycles. The van der Waals surface area contributed by atoms with Gasteiger partial charge in [-0.1, -0.05) is 0 Å². The third kappa shape index (κ3) is 8.81. The Hall–Kier alpha value is -6.18. The Kier molecular flexibility index (Phi) is 11.4. The minimum atomic E-state index is -0.816. The van der Waals surface area contributed by atoms with E-state index in [0.717, 1.165) is 57.7 Å². The van der Waals surface area contributed by atoms with Crippen molar-refractivity contribution < 1.29 is 28.4 Å². The molecule has 5 N–H and O–H groups in total. The van der Waals surface area contributed by atoms with Crippen LogP contribution < -0.4 is 36.4 Å². The number of anilines is 5. The molecule has 0 aliphatic carbocycles. The van der Waals surface area contributed by atoms with Gasteiger partial charge in [-0.3, -0.25) is 29.4 Å². The number of hydrogen-bond donors (Lipinski definition) is 4. The minimum Gasteiger partial charge on any atom is -0.370 e. The predicted molar refractivity (Wildman–Crippen MR) is 215 cm³/mol. The molecule has 7 heterocycles. The molecule has 312 valence electrons. The molecule has 5 aliphatic heterocycles. The number of amides is 6. The van der Waals surface area contributed by atoms with Gasteiger partial charge in [-0.15, -0.1) is 10.2 Å². The lowest BCUT2D eigenvalue weighted by Gasteiger charge is -2.37. The Labute approximate surface area is 340 Å². The number of nitrogens with two attached hydrogens (primary N) is 1. The zero-order valence-corrected chi connectivity index (χ0v) is 33.0. The Morgan fingerprint density at radius 1 is 0.915 bits per heavy atom. The summed E-state index contributed by atoms with van der Waals surface area (Å²) in [6.45, 7) is 8.05. The van der Waals surface area contributed by atoms with Crippen LogP contribution in [0.25, 0.3) is 0 Å². The smallest absolute Gasteiger partial charge is 0.320 e. The SMILES string of the molecule is CN1CCN(C2CCCN(c3nnc(C(N)=O)c(Nc4ccc(N5CCN(CC6CCN(c7ccc(C(=O)NC8CCC(=O)NC8=O)nc7)C6)CC5)c(F)c4)n3)C2)C1=O. The van der Waals surface area contributed by atoms with Crippen molar-refractivity contribution in [1.82, 2.24) is 45.5 Å². The summed E-state index contributed by atoms with van der Waals surface area (Å²) >= 11 is 0. The van der Waals surface area contributed by atoms with Gasteiger partial charge in [-0.25, -0.2) is 14.2 Å². The van der Waals surface area contributed by atoms with E-state index in [2.05, 4.69) is 45.9 Å². The summed E-state index contributed by atoms with van der Waals surface area (Å²) in [6.07, 6.45) is 4.83. The summed E-state index contributed by atoms with van der Waals surface area (Å²) < 4.78 is 15.7. The van der Waals surface area contributed by atoms with Crippen molar-refractivity contribution in [2.24, 2.45) is 11.7 Å². The largest absolute Gasteiger partial charge is 0.370 e. The third-order valence-corrected chi connectivity index (χ3v) is 11.9. The average Bonchev–Trinajstić information content (AvgIpc) is 3.84. The van der Waals surface area contributed by atoms with Crippen LogP contribution in [0.3, 0.4) is 0 Å². The van der Waals surface area contributed by atoms with E-state index in [4.69, 9.17) is 5.73 Å². The molecule has 20 heteroatoms. The van der Waals surface area contributed by atoms with E-state index >= 15 is 4.39 Å². The highest BCUT2D eigenvalue weighted by Gasteiger charge is 2.35. The van der Waals surface area contributed by atoms with Crippen LogP contribution in [0.5, 0.6) is 0 Å². The molecule has 0 spiro atoms. The number of imide groups is 1. The number of aromatic nitrogens is 4. The molecule has 3 atom stereocenters. The molecule has 19 nitrogen and oxygen atoms in total. The van der Waals surface area contributed by atoms with E-state index in [1.807, 2.05) is 20.8 Å². The maximum Gasteiger partial charge on any atom is 0.320 e. The maximum atomic E-state index is 15.7. The first-order chi connectivity index (χ1) is 28.5. The van der Waals surface area contributed by atoms with Crippen LogP contribution in [-0.4, -0.2) is 156 Å². The summed E-state index contributed by atoms with van der Waals surface area (Å²) in [7, 11) is 1.79. The van der Waals surface area contributed by atoms with Crippen LogP contribution in [0.1, 0.15) is 53.1 Å². The molecule has 5 fully saturated rings. The van der Waals surface area contributed by atoms with Gasteiger partial charge < -0.3 is 40.9 Å². The second-order valence-corrected chi connectivity index (χ2v) is 15.9. The van der Waals surface area contributed by atoms with E-state index in [1.165, 1.54) is 6.07 Å². The minimum absolute atomic E-state index is 0.00153. The Bertz CT molecular complexity index is 2100. The topological polar surface area (TPSA) is 218 Å². The Morgan fingerprint density at radius 2 is 1.75 bits per heavy atom. The van der Waals surface area contributed by atoms with Crippen molar-refractivity contribution in [2.45, 2.75) is 44.2 Å². The van der Waals surface area contributed by atoms with Gasteiger partial charge in [0.2, 0.25) is 17.8 Å². The Morgan fingerprint density at radius 3 is 2.46 bits per heavy atom. The fourth-order valence-corrected chi connectivity index (χ4v) is 8.60. The number of halogens is 1. The van der Waals surface area contributed by atoms with Crippen LogP contribution in [-0.2, 0) is 9.59 Å². The molecule has 6 amide bonds. The lowest BCUT2D eigenvalue weighted by Crippen LogP contribution is -2.52. The van der Waals surface area contributed by atoms with Gasteiger partial charge in [0, 0.05) is 91.1 Å². The zero-order chi connectivity index (χ0) is 41.2. The molecule has 0 radical (unpaired) electrons. The van der Waals surface area contributed by atoms with Crippen molar-refractivity contribution >= 4 is 58.5 Å². The van der Waals surface area contributed by atoms with Gasteiger partial charge in [0.05, 0.1) is 23.6 Å². The Balaban J connectivity index is 0.823. The van der Waals surface area contributed by atoms with Gasteiger partial charge >= 0.3 is 6.03 Å². The van der Waals surface area contributed by atoms with Crippen molar-refractivity contribution in [2.75, 3.05) is 99.1 Å². The number of piperazine rings is 1. The van der Waals surface area contributed by atoms with Gasteiger partial charge in [0.1, 0.15) is 17.6 Å². The van der Waals surface area contributed by atoms with E-state index in [9.17, 15) is 24.0 Å². The number of carbonyl (C=O) groups is 5. The molecule has 2 aromatic heterocycles. The molecule has 5 aliphatic rings. The van der Waals surface area contributed by atoms with Gasteiger partial charge in [0.15, 0.2) is 11.5 Å². The van der Waals surface area contributed by atoms with Crippen LogP contribution in [0, 0.1) is 11.7 Å². The van der Waals surface area contributed by atoms with Crippen LogP contribution in [0.15, 0.2) is 36.5 Å². The molecule has 3 aromatic rings. The number of pyridine rings is 1. The van der Waals surface area contributed by atoms with Crippen molar-refractivity contribution in [3.63, 3.8) is 0 Å². The lowest BCUT2D eigenvalue weighted by molar-refractivity contribution is -0.134. The summed E-state index contributed by atoms with van der Waals surface area (Å²) in [5, 5.41) is 16.2. The predicted octanol–water partition coefficient (Wildman–Crippen LogP) is 0.768. The molecule has 1 aromatic carbocycles. The monoisotopic (exact) mass is 812 g/mol. The molecule has 59 heavy (non-hydrogen) atoms. The number of hydrogen-bond acceptors (Lipinski definition) is 14. The fraction of sp³-hybridized carbons (Fsp3) is 0.513. The number of primary amides is 1. The van der Waals surface area contributed by atoms with Crippen LogP contribution in [0.4, 0.5) is 38.0 Å². The number of rotatable bonds is 11. The number of carbonyl (C=O) groups excluding carboxylic acids is 5. The number of nitrogens with one attached hydrogen (secondary N) is 3.